The predicted molar refractivity (Wildman–Crippen MR) is 91.1 cm³/mol. The van der Waals surface area contributed by atoms with Crippen molar-refractivity contribution in [2.45, 2.75) is 52.2 Å². The molecule has 0 saturated carbocycles. The highest BCUT2D eigenvalue weighted by Gasteiger charge is 2.16. The Labute approximate surface area is 137 Å². The lowest BCUT2D eigenvalue weighted by atomic mass is 10.1. The van der Waals surface area contributed by atoms with E-state index in [1.807, 2.05) is 0 Å². The fraction of sp³-hybridized carbons (Fsp3) is 0.588. The first-order valence-corrected chi connectivity index (χ1v) is 8.35. The second kappa shape index (κ2) is 6.66. The molecule has 1 aliphatic rings. The van der Waals surface area contributed by atoms with Crippen LogP contribution in [0.25, 0.3) is 0 Å². The minimum Gasteiger partial charge on any atom is -0.378 e. The van der Waals surface area contributed by atoms with E-state index in [4.69, 9.17) is 0 Å². The van der Waals surface area contributed by atoms with Gasteiger partial charge in [-0.05, 0) is 69.6 Å². The summed E-state index contributed by atoms with van der Waals surface area (Å²) in [5.41, 5.74) is 2.32. The Kier molecular flexibility index (Phi) is 4.61. The van der Waals surface area contributed by atoms with Crippen molar-refractivity contribution in [3.05, 3.63) is 35.7 Å². The van der Waals surface area contributed by atoms with Crippen molar-refractivity contribution in [3.63, 3.8) is 0 Å². The first-order chi connectivity index (χ1) is 11.0. The zero-order chi connectivity index (χ0) is 16.3. The van der Waals surface area contributed by atoms with E-state index in [1.54, 1.807) is 4.80 Å². The van der Waals surface area contributed by atoms with Crippen LogP contribution in [-0.2, 0) is 18.6 Å². The lowest BCUT2D eigenvalue weighted by Crippen LogP contribution is -2.24. The summed E-state index contributed by atoms with van der Waals surface area (Å²) in [7, 11) is 0. The molecule has 1 N–H and O–H groups in total. The molecule has 0 unspecified atom stereocenters. The highest BCUT2D eigenvalue weighted by molar-refractivity contribution is 5.44. The topological polar surface area (TPSA) is 58.9 Å². The molecule has 1 aliphatic heterocycles. The third-order valence-corrected chi connectivity index (χ3v) is 4.06. The third-order valence-electron chi connectivity index (χ3n) is 4.06. The van der Waals surface area contributed by atoms with E-state index in [9.17, 15) is 0 Å². The molecule has 0 radical (unpaired) electrons. The molecule has 6 nitrogen and oxygen atoms in total. The fourth-order valence-corrected chi connectivity index (χ4v) is 2.71. The molecule has 0 bridgehead atoms. The first kappa shape index (κ1) is 15.9. The Bertz CT molecular complexity index is 619. The second-order valence-corrected chi connectivity index (χ2v) is 7.20. The van der Waals surface area contributed by atoms with Crippen LogP contribution in [0, 0.1) is 0 Å². The quantitative estimate of drug-likeness (QED) is 0.919. The Morgan fingerprint density at radius 1 is 1.09 bits per heavy atom. The number of hydrogen-bond donors (Lipinski definition) is 1. The van der Waals surface area contributed by atoms with Crippen LogP contribution >= 0.6 is 0 Å². The van der Waals surface area contributed by atoms with Gasteiger partial charge in [-0.2, -0.15) is 4.80 Å². The molecule has 3 rings (SSSR count). The van der Waals surface area contributed by atoms with Crippen molar-refractivity contribution >= 4 is 5.69 Å². The molecule has 0 amide bonds. The van der Waals surface area contributed by atoms with Crippen LogP contribution in [0.4, 0.5) is 5.69 Å². The molecule has 1 aromatic carbocycles. The number of likely N-dealkylation sites (tertiary alicyclic amines) is 1. The molecule has 23 heavy (non-hydrogen) atoms. The summed E-state index contributed by atoms with van der Waals surface area (Å²) < 4.78 is 0. The molecule has 0 atom stereocenters. The van der Waals surface area contributed by atoms with Crippen molar-refractivity contribution in [1.82, 2.24) is 25.1 Å². The molecule has 1 fully saturated rings. The van der Waals surface area contributed by atoms with Crippen LogP contribution in [0.2, 0.25) is 0 Å². The summed E-state index contributed by atoms with van der Waals surface area (Å²) in [6.45, 7) is 10.3. The standard InChI is InChI=1S/C17H26N6/c1-17(2,3)23-20-16(19-21-23)12-18-15-8-6-14(7-9-15)13-22-10-4-5-11-22/h6-9,18H,4-5,10-13H2,1-3H3. The molecule has 0 spiro atoms. The zero-order valence-electron chi connectivity index (χ0n) is 14.3. The van der Waals surface area contributed by atoms with Crippen LogP contribution in [-0.4, -0.2) is 38.2 Å². The summed E-state index contributed by atoms with van der Waals surface area (Å²) in [5, 5.41) is 16.0. The van der Waals surface area contributed by atoms with E-state index >= 15 is 0 Å². The average molecular weight is 314 g/mol. The average Bonchev–Trinajstić information content (AvgIpc) is 3.17. The van der Waals surface area contributed by atoms with Gasteiger partial charge < -0.3 is 5.32 Å². The van der Waals surface area contributed by atoms with E-state index in [2.05, 4.69) is 70.7 Å². The molecule has 6 heteroatoms. The molecule has 0 aliphatic carbocycles. The van der Waals surface area contributed by atoms with E-state index in [1.165, 1.54) is 31.5 Å². The number of anilines is 1. The largest absolute Gasteiger partial charge is 0.378 e. The normalized spacial score (nSPS) is 16.0. The maximum atomic E-state index is 4.41. The summed E-state index contributed by atoms with van der Waals surface area (Å²) in [4.78, 5) is 4.17. The maximum absolute atomic E-state index is 4.41. The molecule has 2 heterocycles. The minimum absolute atomic E-state index is 0.136. The van der Waals surface area contributed by atoms with Crippen LogP contribution in [0.5, 0.6) is 0 Å². The van der Waals surface area contributed by atoms with E-state index in [0.29, 0.717) is 12.4 Å². The van der Waals surface area contributed by atoms with Crippen molar-refractivity contribution in [3.8, 4) is 0 Å². The van der Waals surface area contributed by atoms with Gasteiger partial charge in [0.1, 0.15) is 0 Å². The first-order valence-electron chi connectivity index (χ1n) is 8.35. The molecular formula is C17H26N6. The van der Waals surface area contributed by atoms with Crippen molar-refractivity contribution in [2.75, 3.05) is 18.4 Å². The van der Waals surface area contributed by atoms with Gasteiger partial charge in [0.05, 0.1) is 12.1 Å². The van der Waals surface area contributed by atoms with Gasteiger partial charge in [-0.25, -0.2) is 0 Å². The lowest BCUT2D eigenvalue weighted by Gasteiger charge is -2.15. The van der Waals surface area contributed by atoms with Gasteiger partial charge in [0.25, 0.3) is 0 Å². The summed E-state index contributed by atoms with van der Waals surface area (Å²) >= 11 is 0. The highest BCUT2D eigenvalue weighted by atomic mass is 15.6. The Morgan fingerprint density at radius 2 is 1.78 bits per heavy atom. The number of hydrogen-bond acceptors (Lipinski definition) is 5. The minimum atomic E-state index is -0.136. The molecule has 124 valence electrons. The van der Waals surface area contributed by atoms with Crippen molar-refractivity contribution in [2.24, 2.45) is 0 Å². The van der Waals surface area contributed by atoms with Gasteiger partial charge in [0.2, 0.25) is 0 Å². The smallest absolute Gasteiger partial charge is 0.193 e. The Morgan fingerprint density at radius 3 is 2.39 bits per heavy atom. The summed E-state index contributed by atoms with van der Waals surface area (Å²) in [6, 6.07) is 8.64. The molecule has 1 aromatic heterocycles. The summed E-state index contributed by atoms with van der Waals surface area (Å²) in [5.74, 6) is 0.709. The van der Waals surface area contributed by atoms with Crippen molar-refractivity contribution < 1.29 is 0 Å². The number of aromatic nitrogens is 4. The van der Waals surface area contributed by atoms with Gasteiger partial charge in [-0.3, -0.25) is 4.90 Å². The SMILES string of the molecule is CC(C)(C)n1nnc(CNc2ccc(CN3CCCC3)cc2)n1. The van der Waals surface area contributed by atoms with Gasteiger partial charge >= 0.3 is 0 Å². The molecule has 2 aromatic rings. The van der Waals surface area contributed by atoms with E-state index < -0.39 is 0 Å². The number of nitrogens with zero attached hydrogens (tertiary/aromatic N) is 5. The fourth-order valence-electron chi connectivity index (χ4n) is 2.71. The maximum Gasteiger partial charge on any atom is 0.193 e. The molecule has 1 saturated heterocycles. The summed E-state index contributed by atoms with van der Waals surface area (Å²) in [6.07, 6.45) is 2.67. The predicted octanol–water partition coefficient (Wildman–Crippen LogP) is 2.64. The van der Waals surface area contributed by atoms with Gasteiger partial charge in [0.15, 0.2) is 5.82 Å². The second-order valence-electron chi connectivity index (χ2n) is 7.20. The van der Waals surface area contributed by atoms with Crippen LogP contribution in [0.1, 0.15) is 45.0 Å². The van der Waals surface area contributed by atoms with Gasteiger partial charge in [-0.1, -0.05) is 12.1 Å². The Balaban J connectivity index is 1.53. The van der Waals surface area contributed by atoms with Crippen LogP contribution in [0.3, 0.4) is 0 Å². The van der Waals surface area contributed by atoms with Crippen LogP contribution < -0.4 is 5.32 Å². The lowest BCUT2D eigenvalue weighted by molar-refractivity contribution is 0.305. The number of benzene rings is 1. The zero-order valence-corrected chi connectivity index (χ0v) is 14.3. The van der Waals surface area contributed by atoms with E-state index in [-0.39, 0.29) is 5.54 Å². The van der Waals surface area contributed by atoms with Crippen molar-refractivity contribution in [1.29, 1.82) is 0 Å². The van der Waals surface area contributed by atoms with E-state index in [0.717, 1.165) is 12.2 Å². The highest BCUT2D eigenvalue weighted by Crippen LogP contribution is 2.15. The Hall–Kier alpha value is -1.95. The monoisotopic (exact) mass is 314 g/mol. The number of tetrazole rings is 1. The van der Waals surface area contributed by atoms with Gasteiger partial charge in [0, 0.05) is 12.2 Å². The van der Waals surface area contributed by atoms with Gasteiger partial charge in [-0.15, -0.1) is 10.2 Å². The third kappa shape index (κ3) is 4.28. The van der Waals surface area contributed by atoms with Crippen LogP contribution in [0.15, 0.2) is 24.3 Å². The number of nitrogens with one attached hydrogen (secondary N) is 1. The molecular weight excluding hydrogens is 288 g/mol. The number of rotatable bonds is 5.